The molecular formula is C17H22FN3O. The Balaban J connectivity index is 1.79. The van der Waals surface area contributed by atoms with Gasteiger partial charge in [-0.3, -0.25) is 9.58 Å². The summed E-state index contributed by atoms with van der Waals surface area (Å²) in [7, 11) is 1.74. The Morgan fingerprint density at radius 1 is 1.32 bits per heavy atom. The molecular weight excluding hydrogens is 281 g/mol. The number of ether oxygens (including phenoxy) is 1. The van der Waals surface area contributed by atoms with E-state index in [0.29, 0.717) is 12.5 Å². The minimum absolute atomic E-state index is 0.189. The normalized spacial score (nSPS) is 18.4. The molecule has 0 aliphatic carbocycles. The van der Waals surface area contributed by atoms with E-state index >= 15 is 0 Å². The van der Waals surface area contributed by atoms with Gasteiger partial charge in [-0.2, -0.15) is 5.10 Å². The molecule has 1 atom stereocenters. The fraction of sp³-hybridized carbons (Fsp3) is 0.471. The maximum Gasteiger partial charge on any atom is 0.123 e. The zero-order valence-electron chi connectivity index (χ0n) is 13.1. The fourth-order valence-electron chi connectivity index (χ4n) is 3.29. The van der Waals surface area contributed by atoms with Gasteiger partial charge in [0, 0.05) is 50.5 Å². The summed E-state index contributed by atoms with van der Waals surface area (Å²) in [5.74, 6) is 0.141. The highest BCUT2D eigenvalue weighted by atomic mass is 19.1. The van der Waals surface area contributed by atoms with Crippen LogP contribution in [0.4, 0.5) is 4.39 Å². The first kappa shape index (κ1) is 15.2. The predicted molar refractivity (Wildman–Crippen MR) is 83.0 cm³/mol. The Bertz CT molecular complexity index is 623. The monoisotopic (exact) mass is 303 g/mol. The van der Waals surface area contributed by atoms with Crippen molar-refractivity contribution in [2.75, 3.05) is 20.3 Å². The van der Waals surface area contributed by atoms with E-state index in [9.17, 15) is 4.39 Å². The van der Waals surface area contributed by atoms with Crippen LogP contribution in [0.3, 0.4) is 0 Å². The van der Waals surface area contributed by atoms with Gasteiger partial charge < -0.3 is 4.74 Å². The van der Waals surface area contributed by atoms with Crippen LogP contribution in [0, 0.1) is 5.82 Å². The molecule has 118 valence electrons. The van der Waals surface area contributed by atoms with Gasteiger partial charge in [0.15, 0.2) is 0 Å². The van der Waals surface area contributed by atoms with Gasteiger partial charge in [0.25, 0.3) is 0 Å². The Kier molecular flexibility index (Phi) is 4.55. The number of methoxy groups -OCH3 is 1. The van der Waals surface area contributed by atoms with E-state index in [1.54, 1.807) is 7.11 Å². The van der Waals surface area contributed by atoms with Gasteiger partial charge in [-0.1, -0.05) is 12.1 Å². The van der Waals surface area contributed by atoms with E-state index in [0.717, 1.165) is 31.7 Å². The van der Waals surface area contributed by atoms with Crippen LogP contribution >= 0.6 is 0 Å². The lowest BCUT2D eigenvalue weighted by molar-refractivity contribution is 0.132. The molecule has 0 amide bonds. The molecule has 3 rings (SSSR count). The second-order valence-corrected chi connectivity index (χ2v) is 5.82. The summed E-state index contributed by atoms with van der Waals surface area (Å²) in [5, 5.41) is 4.49. The molecule has 1 aromatic heterocycles. The lowest BCUT2D eigenvalue weighted by Crippen LogP contribution is -2.35. The van der Waals surface area contributed by atoms with Crippen molar-refractivity contribution < 1.29 is 9.13 Å². The summed E-state index contributed by atoms with van der Waals surface area (Å²) in [4.78, 5) is 2.38. The summed E-state index contributed by atoms with van der Waals surface area (Å²) < 4.78 is 20.5. The number of aryl methyl sites for hydroxylation is 1. The molecule has 0 spiro atoms. The van der Waals surface area contributed by atoms with E-state index in [4.69, 9.17) is 4.74 Å². The van der Waals surface area contributed by atoms with Crippen molar-refractivity contribution in [1.82, 2.24) is 14.7 Å². The maximum absolute atomic E-state index is 13.0. The molecule has 0 saturated carbocycles. The Labute approximate surface area is 130 Å². The van der Waals surface area contributed by atoms with Crippen molar-refractivity contribution in [2.24, 2.45) is 0 Å². The minimum atomic E-state index is -0.189. The van der Waals surface area contributed by atoms with Gasteiger partial charge in [-0.25, -0.2) is 4.39 Å². The second kappa shape index (κ2) is 6.58. The van der Waals surface area contributed by atoms with Gasteiger partial charge >= 0.3 is 0 Å². The Morgan fingerprint density at radius 2 is 2.09 bits per heavy atom. The van der Waals surface area contributed by atoms with Gasteiger partial charge in [-0.05, 0) is 24.6 Å². The smallest absolute Gasteiger partial charge is 0.123 e. The van der Waals surface area contributed by atoms with Crippen LogP contribution in [0.25, 0.3) is 0 Å². The van der Waals surface area contributed by atoms with E-state index in [1.807, 2.05) is 18.3 Å². The van der Waals surface area contributed by atoms with Crippen LogP contribution in [-0.4, -0.2) is 34.9 Å². The molecule has 2 aromatic rings. The van der Waals surface area contributed by atoms with E-state index < -0.39 is 0 Å². The van der Waals surface area contributed by atoms with Crippen LogP contribution in [0.5, 0.6) is 0 Å². The molecule has 1 aliphatic rings. The average Bonchev–Trinajstić information content (AvgIpc) is 2.93. The number of rotatable bonds is 5. The molecule has 0 saturated heterocycles. The molecule has 5 heteroatoms. The van der Waals surface area contributed by atoms with E-state index in [1.165, 1.54) is 23.4 Å². The van der Waals surface area contributed by atoms with Crippen molar-refractivity contribution in [2.45, 2.75) is 32.5 Å². The number of hydrogen-bond acceptors (Lipinski definition) is 3. The Morgan fingerprint density at radius 3 is 2.77 bits per heavy atom. The number of halogens is 1. The lowest BCUT2D eigenvalue weighted by atomic mass is 9.96. The molecule has 2 heterocycles. The number of benzene rings is 1. The van der Waals surface area contributed by atoms with Crippen LogP contribution in [-0.2, 0) is 24.4 Å². The third-order valence-electron chi connectivity index (χ3n) is 4.21. The van der Waals surface area contributed by atoms with Crippen LogP contribution in [0.2, 0.25) is 0 Å². The summed E-state index contributed by atoms with van der Waals surface area (Å²) >= 11 is 0. The average molecular weight is 303 g/mol. The highest BCUT2D eigenvalue weighted by Crippen LogP contribution is 2.29. The van der Waals surface area contributed by atoms with Crippen molar-refractivity contribution in [1.29, 1.82) is 0 Å². The first-order valence-electron chi connectivity index (χ1n) is 7.71. The first-order chi connectivity index (χ1) is 10.7. The summed E-state index contributed by atoms with van der Waals surface area (Å²) in [6, 6.07) is 6.75. The molecule has 0 bridgehead atoms. The lowest BCUT2D eigenvalue weighted by Gasteiger charge is -2.33. The van der Waals surface area contributed by atoms with E-state index in [-0.39, 0.29) is 5.82 Å². The SMILES string of the molecule is CCn1ncc2c1[C@@H](COC)CN(Cc1ccc(F)cc1)C2. The topological polar surface area (TPSA) is 30.3 Å². The fourth-order valence-corrected chi connectivity index (χ4v) is 3.29. The third kappa shape index (κ3) is 3.05. The maximum atomic E-state index is 13.0. The second-order valence-electron chi connectivity index (χ2n) is 5.82. The molecule has 0 radical (unpaired) electrons. The minimum Gasteiger partial charge on any atom is -0.384 e. The number of fused-ring (bicyclic) bond motifs is 1. The van der Waals surface area contributed by atoms with Crippen molar-refractivity contribution >= 4 is 0 Å². The molecule has 22 heavy (non-hydrogen) atoms. The zero-order chi connectivity index (χ0) is 15.5. The van der Waals surface area contributed by atoms with Gasteiger partial charge in [-0.15, -0.1) is 0 Å². The van der Waals surface area contributed by atoms with Crippen molar-refractivity contribution in [3.05, 3.63) is 53.1 Å². The van der Waals surface area contributed by atoms with Gasteiger partial charge in [0.1, 0.15) is 5.82 Å². The largest absolute Gasteiger partial charge is 0.384 e. The number of nitrogens with zero attached hydrogens (tertiary/aromatic N) is 3. The number of aromatic nitrogens is 2. The van der Waals surface area contributed by atoms with Gasteiger partial charge in [0.2, 0.25) is 0 Å². The Hall–Kier alpha value is -1.72. The van der Waals surface area contributed by atoms with Crippen LogP contribution < -0.4 is 0 Å². The van der Waals surface area contributed by atoms with Crippen molar-refractivity contribution in [3.63, 3.8) is 0 Å². The van der Waals surface area contributed by atoms with Crippen LogP contribution in [0.15, 0.2) is 30.5 Å². The molecule has 1 aliphatic heterocycles. The summed E-state index contributed by atoms with van der Waals surface area (Å²) in [6.07, 6.45) is 1.97. The zero-order valence-corrected chi connectivity index (χ0v) is 13.1. The highest BCUT2D eigenvalue weighted by molar-refractivity contribution is 5.26. The number of hydrogen-bond donors (Lipinski definition) is 0. The van der Waals surface area contributed by atoms with Crippen molar-refractivity contribution in [3.8, 4) is 0 Å². The van der Waals surface area contributed by atoms with Crippen LogP contribution in [0.1, 0.15) is 29.7 Å². The molecule has 0 unspecified atom stereocenters. The summed E-state index contributed by atoms with van der Waals surface area (Å²) in [6.45, 7) is 6.32. The third-order valence-corrected chi connectivity index (χ3v) is 4.21. The predicted octanol–water partition coefficient (Wildman–Crippen LogP) is 2.79. The molecule has 4 nitrogen and oxygen atoms in total. The molecule has 1 aromatic carbocycles. The quantitative estimate of drug-likeness (QED) is 0.851. The standard InChI is InChI=1S/C17H22FN3O/c1-3-21-17-14(8-19-21)10-20(11-15(17)12-22-2)9-13-4-6-16(18)7-5-13/h4-8,15H,3,9-12H2,1-2H3/t15-/m1/s1. The van der Waals surface area contributed by atoms with E-state index in [2.05, 4.69) is 21.6 Å². The molecule has 0 N–H and O–H groups in total. The molecule has 0 fully saturated rings. The highest BCUT2D eigenvalue weighted by Gasteiger charge is 2.29. The summed E-state index contributed by atoms with van der Waals surface area (Å²) in [5.41, 5.74) is 3.71. The first-order valence-corrected chi connectivity index (χ1v) is 7.71. The van der Waals surface area contributed by atoms with Gasteiger partial charge in [0.05, 0.1) is 12.8 Å².